The third-order valence-electron chi connectivity index (χ3n) is 4.95. The minimum atomic E-state index is -0.342. The molecule has 2 heterocycles. The van der Waals surface area contributed by atoms with Gasteiger partial charge >= 0.3 is 0 Å². The van der Waals surface area contributed by atoms with Gasteiger partial charge in [0.2, 0.25) is 0 Å². The number of amides is 1. The molecule has 1 amide bonds. The number of hydrogen-bond acceptors (Lipinski definition) is 4. The molecule has 2 fully saturated rings. The molecule has 1 aromatic rings. The fraction of sp³-hybridized carbons (Fsp3) is 0.667. The van der Waals surface area contributed by atoms with E-state index in [0.29, 0.717) is 16.7 Å². The monoisotopic (exact) mass is 294 g/mol. The number of carbonyl (C=O) groups excluding carboxylic acids is 1. The maximum Gasteiger partial charge on any atom is 0.258 e. The summed E-state index contributed by atoms with van der Waals surface area (Å²) in [5.74, 6) is 0.666. The summed E-state index contributed by atoms with van der Waals surface area (Å²) in [5, 5.41) is 0. The van der Waals surface area contributed by atoms with E-state index in [-0.39, 0.29) is 11.5 Å². The van der Waals surface area contributed by atoms with Crippen LogP contribution in [0.5, 0.6) is 0 Å². The molecule has 3 atom stereocenters. The summed E-state index contributed by atoms with van der Waals surface area (Å²) in [5.41, 5.74) is 5.18. The molecular weight excluding hydrogens is 272 g/mol. The Kier molecular flexibility index (Phi) is 3.60. The number of piperidine rings is 1. The quantitative estimate of drug-likeness (QED) is 0.928. The lowest BCUT2D eigenvalue weighted by Gasteiger charge is -2.54. The summed E-state index contributed by atoms with van der Waals surface area (Å²) in [6.45, 7) is 2.13. The average molecular weight is 294 g/mol. The van der Waals surface area contributed by atoms with E-state index in [4.69, 9.17) is 10.5 Å². The number of ether oxygens (including phenoxy) is 1. The molecule has 2 bridgehead atoms. The Bertz CT molecular complexity index is 500. The molecule has 20 heavy (non-hydrogen) atoms. The molecule has 1 aromatic heterocycles. The lowest BCUT2D eigenvalue weighted by Crippen LogP contribution is -2.57. The van der Waals surface area contributed by atoms with Gasteiger partial charge in [0.1, 0.15) is 5.60 Å². The molecule has 110 valence electrons. The Morgan fingerprint density at radius 3 is 2.55 bits per heavy atom. The number of primary amides is 1. The highest BCUT2D eigenvalue weighted by Crippen LogP contribution is 2.52. The van der Waals surface area contributed by atoms with Gasteiger partial charge in [-0.1, -0.05) is 6.42 Å². The van der Waals surface area contributed by atoms with Crippen molar-refractivity contribution in [2.75, 3.05) is 27.2 Å². The number of carbonyl (C=O) groups is 1. The number of nitrogens with two attached hydrogens (primary N) is 1. The maximum atomic E-state index is 11.4. The van der Waals surface area contributed by atoms with E-state index in [2.05, 4.69) is 11.9 Å². The van der Waals surface area contributed by atoms with Crippen LogP contribution in [-0.2, 0) is 10.3 Å². The molecule has 1 unspecified atom stereocenters. The number of fused-ring (bicyclic) bond motifs is 2. The third kappa shape index (κ3) is 2.00. The number of rotatable bonds is 3. The first-order valence-corrected chi connectivity index (χ1v) is 8.03. The van der Waals surface area contributed by atoms with Gasteiger partial charge in [0.15, 0.2) is 0 Å². The van der Waals surface area contributed by atoms with Crippen LogP contribution < -0.4 is 5.73 Å². The van der Waals surface area contributed by atoms with Crippen molar-refractivity contribution in [2.24, 2.45) is 17.6 Å². The molecule has 2 N–H and O–H groups in total. The highest BCUT2D eigenvalue weighted by atomic mass is 32.1. The second-order valence-corrected chi connectivity index (χ2v) is 7.16. The Hall–Kier alpha value is -0.910. The van der Waals surface area contributed by atoms with E-state index in [1.165, 1.54) is 35.5 Å². The van der Waals surface area contributed by atoms with E-state index in [9.17, 15) is 4.79 Å². The van der Waals surface area contributed by atoms with Crippen molar-refractivity contribution in [2.45, 2.75) is 24.9 Å². The molecule has 0 aromatic carbocycles. The van der Waals surface area contributed by atoms with Crippen LogP contribution >= 0.6 is 11.3 Å². The van der Waals surface area contributed by atoms with Crippen molar-refractivity contribution in [3.05, 3.63) is 21.9 Å². The standard InChI is InChI=1S/C15H22N2O2S/c1-17-8-10-4-3-5-11(9-17)15(10,19-2)13-7-6-12(20-13)14(16)18/h6-7,10-11H,3-5,8-9H2,1-2H3,(H2,16,18)/t10-,11+,15?. The summed E-state index contributed by atoms with van der Waals surface area (Å²) >= 11 is 1.51. The van der Waals surface area contributed by atoms with Gasteiger partial charge in [-0.05, 0) is 32.0 Å². The van der Waals surface area contributed by atoms with E-state index in [1.807, 2.05) is 19.2 Å². The minimum Gasteiger partial charge on any atom is -0.372 e. The number of likely N-dealkylation sites (tertiary alicyclic amines) is 1. The first kappa shape index (κ1) is 14.0. The Morgan fingerprint density at radius 1 is 1.40 bits per heavy atom. The van der Waals surface area contributed by atoms with Gasteiger partial charge in [0.05, 0.1) is 4.88 Å². The van der Waals surface area contributed by atoms with Crippen molar-refractivity contribution in [3.8, 4) is 0 Å². The second kappa shape index (κ2) is 5.13. The summed E-state index contributed by atoms with van der Waals surface area (Å²) in [4.78, 5) is 15.6. The van der Waals surface area contributed by atoms with Gasteiger partial charge in [-0.2, -0.15) is 0 Å². The summed E-state index contributed by atoms with van der Waals surface area (Å²) in [6, 6.07) is 3.89. The molecule has 1 saturated heterocycles. The zero-order valence-electron chi connectivity index (χ0n) is 12.1. The van der Waals surface area contributed by atoms with Crippen LogP contribution in [0.3, 0.4) is 0 Å². The van der Waals surface area contributed by atoms with Crippen LogP contribution in [0.4, 0.5) is 0 Å². The average Bonchev–Trinajstić information content (AvgIpc) is 2.88. The molecule has 3 rings (SSSR count). The lowest BCUT2D eigenvalue weighted by atomic mass is 9.64. The van der Waals surface area contributed by atoms with Gasteiger partial charge in [-0.3, -0.25) is 4.79 Å². The van der Waals surface area contributed by atoms with Crippen LogP contribution in [0.2, 0.25) is 0 Å². The smallest absolute Gasteiger partial charge is 0.258 e. The van der Waals surface area contributed by atoms with Crippen molar-refractivity contribution < 1.29 is 9.53 Å². The number of nitrogens with zero attached hydrogens (tertiary/aromatic N) is 1. The molecular formula is C15H22N2O2S. The van der Waals surface area contributed by atoms with Crippen molar-refractivity contribution in [1.82, 2.24) is 4.90 Å². The Labute approximate surface area is 123 Å². The molecule has 0 radical (unpaired) electrons. The number of hydrogen-bond donors (Lipinski definition) is 1. The lowest BCUT2D eigenvalue weighted by molar-refractivity contribution is -0.163. The van der Waals surface area contributed by atoms with E-state index < -0.39 is 0 Å². The molecule has 1 saturated carbocycles. The first-order chi connectivity index (χ1) is 9.57. The van der Waals surface area contributed by atoms with Gasteiger partial charge < -0.3 is 15.4 Å². The third-order valence-corrected chi connectivity index (χ3v) is 6.19. The van der Waals surface area contributed by atoms with Crippen molar-refractivity contribution in [1.29, 1.82) is 0 Å². The molecule has 2 aliphatic rings. The largest absolute Gasteiger partial charge is 0.372 e. The number of thiophene rings is 1. The predicted molar refractivity (Wildman–Crippen MR) is 79.9 cm³/mol. The molecule has 1 aliphatic heterocycles. The fourth-order valence-corrected chi connectivity index (χ4v) is 5.36. The van der Waals surface area contributed by atoms with Crippen LogP contribution in [0.15, 0.2) is 12.1 Å². The van der Waals surface area contributed by atoms with E-state index >= 15 is 0 Å². The van der Waals surface area contributed by atoms with Gasteiger partial charge in [0, 0.05) is 36.9 Å². The highest BCUT2D eigenvalue weighted by molar-refractivity contribution is 7.14. The molecule has 5 heteroatoms. The Morgan fingerprint density at radius 2 is 2.05 bits per heavy atom. The van der Waals surface area contributed by atoms with Gasteiger partial charge in [-0.15, -0.1) is 11.3 Å². The van der Waals surface area contributed by atoms with Crippen molar-refractivity contribution in [3.63, 3.8) is 0 Å². The molecule has 4 nitrogen and oxygen atoms in total. The van der Waals surface area contributed by atoms with Crippen LogP contribution in [0.25, 0.3) is 0 Å². The number of methoxy groups -OCH3 is 1. The molecule has 1 aliphatic carbocycles. The van der Waals surface area contributed by atoms with Gasteiger partial charge in [0.25, 0.3) is 5.91 Å². The van der Waals surface area contributed by atoms with E-state index in [0.717, 1.165) is 13.1 Å². The van der Waals surface area contributed by atoms with Crippen LogP contribution in [0, 0.1) is 11.8 Å². The zero-order chi connectivity index (χ0) is 14.3. The highest BCUT2D eigenvalue weighted by Gasteiger charge is 2.53. The minimum absolute atomic E-state index is 0.219. The fourth-order valence-electron chi connectivity index (χ4n) is 4.17. The maximum absolute atomic E-state index is 11.4. The summed E-state index contributed by atoms with van der Waals surface area (Å²) in [7, 11) is 4.01. The summed E-state index contributed by atoms with van der Waals surface area (Å²) < 4.78 is 6.10. The SMILES string of the molecule is COC1(c2ccc(C(N)=O)s2)[C@@H]2CCC[C@H]1CN(C)C2. The zero-order valence-corrected chi connectivity index (χ0v) is 12.9. The van der Waals surface area contributed by atoms with Crippen molar-refractivity contribution >= 4 is 17.2 Å². The van der Waals surface area contributed by atoms with E-state index in [1.54, 1.807) is 0 Å². The van der Waals surface area contributed by atoms with Crippen LogP contribution in [0.1, 0.15) is 33.8 Å². The summed E-state index contributed by atoms with van der Waals surface area (Å²) in [6.07, 6.45) is 3.67. The second-order valence-electron chi connectivity index (χ2n) is 6.07. The van der Waals surface area contributed by atoms with Crippen LogP contribution in [-0.4, -0.2) is 38.1 Å². The molecule has 0 spiro atoms. The predicted octanol–water partition coefficient (Wildman–Crippen LogP) is 2.05. The van der Waals surface area contributed by atoms with Gasteiger partial charge in [-0.25, -0.2) is 0 Å². The topological polar surface area (TPSA) is 55.6 Å². The first-order valence-electron chi connectivity index (χ1n) is 7.21. The normalized spacial score (nSPS) is 34.1. The Balaban J connectivity index is 2.03.